The Kier molecular flexibility index (Phi) is 3.54. The van der Waals surface area contributed by atoms with Crippen LogP contribution in [-0.4, -0.2) is 20.7 Å². The van der Waals surface area contributed by atoms with Gasteiger partial charge in [-0.05, 0) is 18.8 Å². The first kappa shape index (κ1) is 12.9. The van der Waals surface area contributed by atoms with E-state index in [1.807, 2.05) is 6.92 Å². The zero-order chi connectivity index (χ0) is 13.3. The minimum absolute atomic E-state index is 0.154. The van der Waals surface area contributed by atoms with Crippen LogP contribution in [0.4, 0.5) is 11.5 Å². The lowest BCUT2D eigenvalue weighted by Crippen LogP contribution is -2.10. The second kappa shape index (κ2) is 4.96. The molecule has 6 heteroatoms. The van der Waals surface area contributed by atoms with E-state index in [0.717, 1.165) is 19.3 Å². The van der Waals surface area contributed by atoms with E-state index in [9.17, 15) is 10.1 Å². The Bertz CT molecular complexity index is 455. The molecule has 1 aromatic rings. The summed E-state index contributed by atoms with van der Waals surface area (Å²) in [5.74, 6) is 1.21. The fraction of sp³-hybridized carbons (Fsp3) is 0.750. The van der Waals surface area contributed by atoms with E-state index in [1.54, 1.807) is 11.7 Å². The van der Waals surface area contributed by atoms with Crippen molar-refractivity contribution in [2.24, 2.45) is 13.0 Å². The highest BCUT2D eigenvalue weighted by molar-refractivity contribution is 5.61. The number of hydrogen-bond acceptors (Lipinski definition) is 4. The predicted octanol–water partition coefficient (Wildman–Crippen LogP) is 2.49. The van der Waals surface area contributed by atoms with Crippen LogP contribution < -0.4 is 5.32 Å². The van der Waals surface area contributed by atoms with Crippen molar-refractivity contribution in [3.05, 3.63) is 15.8 Å². The molecule has 0 aromatic carbocycles. The Labute approximate surface area is 107 Å². The van der Waals surface area contributed by atoms with Crippen LogP contribution in [0.1, 0.15) is 38.8 Å². The molecule has 1 fully saturated rings. The van der Waals surface area contributed by atoms with Crippen molar-refractivity contribution < 1.29 is 4.92 Å². The third kappa shape index (κ3) is 2.32. The van der Waals surface area contributed by atoms with E-state index in [0.29, 0.717) is 29.9 Å². The number of nitrogens with zero attached hydrogens (tertiary/aromatic N) is 3. The quantitative estimate of drug-likeness (QED) is 0.623. The molecule has 0 saturated heterocycles. The highest BCUT2D eigenvalue weighted by Crippen LogP contribution is 2.39. The first-order valence-electron chi connectivity index (χ1n) is 6.55. The molecule has 6 nitrogen and oxygen atoms in total. The molecule has 0 radical (unpaired) electrons. The summed E-state index contributed by atoms with van der Waals surface area (Å²) in [7, 11) is 1.76. The topological polar surface area (TPSA) is 73.0 Å². The van der Waals surface area contributed by atoms with E-state index < -0.39 is 0 Å². The number of aromatic nitrogens is 2. The third-order valence-electron chi connectivity index (χ3n) is 3.53. The molecule has 1 saturated carbocycles. The van der Waals surface area contributed by atoms with Gasteiger partial charge in [-0.25, -0.2) is 4.68 Å². The van der Waals surface area contributed by atoms with Crippen LogP contribution in [0.2, 0.25) is 0 Å². The summed E-state index contributed by atoms with van der Waals surface area (Å²) in [5, 5.41) is 18.7. The molecule has 0 amide bonds. The van der Waals surface area contributed by atoms with Crippen LogP contribution in [-0.2, 0) is 13.5 Å². The van der Waals surface area contributed by atoms with E-state index in [2.05, 4.69) is 17.3 Å². The predicted molar refractivity (Wildman–Crippen MR) is 69.7 cm³/mol. The van der Waals surface area contributed by atoms with Crippen molar-refractivity contribution in [2.75, 3.05) is 5.32 Å². The van der Waals surface area contributed by atoms with Crippen LogP contribution in [0.5, 0.6) is 0 Å². The lowest BCUT2D eigenvalue weighted by Gasteiger charge is -2.04. The lowest BCUT2D eigenvalue weighted by atomic mass is 10.2. The zero-order valence-corrected chi connectivity index (χ0v) is 11.1. The van der Waals surface area contributed by atoms with Crippen molar-refractivity contribution in [1.82, 2.24) is 9.78 Å². The molecule has 0 aliphatic heterocycles. The molecule has 18 heavy (non-hydrogen) atoms. The molecule has 0 spiro atoms. The standard InChI is InChI=1S/C12H20N4O2/c1-4-6-9-11(16(17)18)12(15(3)14-9)13-10-7-8(10)5-2/h8,10,13H,4-7H2,1-3H3. The van der Waals surface area contributed by atoms with Crippen molar-refractivity contribution in [1.29, 1.82) is 0 Å². The Morgan fingerprint density at radius 1 is 1.56 bits per heavy atom. The van der Waals surface area contributed by atoms with E-state index >= 15 is 0 Å². The van der Waals surface area contributed by atoms with Gasteiger partial charge in [0.15, 0.2) is 0 Å². The molecule has 2 unspecified atom stereocenters. The maximum atomic E-state index is 11.2. The van der Waals surface area contributed by atoms with Gasteiger partial charge < -0.3 is 5.32 Å². The molecule has 1 aromatic heterocycles. The highest BCUT2D eigenvalue weighted by Gasteiger charge is 2.38. The zero-order valence-electron chi connectivity index (χ0n) is 11.1. The van der Waals surface area contributed by atoms with Crippen LogP contribution >= 0.6 is 0 Å². The smallest absolute Gasteiger partial charge is 0.333 e. The van der Waals surface area contributed by atoms with Gasteiger partial charge in [0.2, 0.25) is 5.82 Å². The SMILES string of the molecule is CCCc1nn(C)c(NC2CC2CC)c1[N+](=O)[O-]. The molecular weight excluding hydrogens is 232 g/mol. The number of nitrogens with one attached hydrogen (secondary N) is 1. The summed E-state index contributed by atoms with van der Waals surface area (Å²) in [4.78, 5) is 10.9. The molecule has 1 aliphatic rings. The second-order valence-corrected chi connectivity index (χ2v) is 4.93. The highest BCUT2D eigenvalue weighted by atomic mass is 16.6. The van der Waals surface area contributed by atoms with Crippen LogP contribution in [0, 0.1) is 16.0 Å². The van der Waals surface area contributed by atoms with Crippen molar-refractivity contribution in [3.63, 3.8) is 0 Å². The first-order valence-corrected chi connectivity index (χ1v) is 6.55. The van der Waals surface area contributed by atoms with Gasteiger partial charge in [0.05, 0.1) is 4.92 Å². The largest absolute Gasteiger partial charge is 0.362 e. The van der Waals surface area contributed by atoms with Gasteiger partial charge >= 0.3 is 5.69 Å². The third-order valence-corrected chi connectivity index (χ3v) is 3.53. The van der Waals surface area contributed by atoms with Crippen LogP contribution in [0.3, 0.4) is 0 Å². The summed E-state index contributed by atoms with van der Waals surface area (Å²) in [6.07, 6.45) is 3.72. The lowest BCUT2D eigenvalue weighted by molar-refractivity contribution is -0.384. The van der Waals surface area contributed by atoms with Crippen LogP contribution in [0.15, 0.2) is 0 Å². The van der Waals surface area contributed by atoms with Crippen molar-refractivity contribution in [3.8, 4) is 0 Å². The summed E-state index contributed by atoms with van der Waals surface area (Å²) in [6.45, 7) is 4.14. The molecule has 1 heterocycles. The average Bonchev–Trinajstić information content (AvgIpc) is 2.98. The van der Waals surface area contributed by atoms with Gasteiger partial charge in [0.1, 0.15) is 5.69 Å². The van der Waals surface area contributed by atoms with Crippen molar-refractivity contribution >= 4 is 11.5 Å². The van der Waals surface area contributed by atoms with Crippen LogP contribution in [0.25, 0.3) is 0 Å². The maximum Gasteiger partial charge on any atom is 0.333 e. The van der Waals surface area contributed by atoms with E-state index in [1.165, 1.54) is 0 Å². The van der Waals surface area contributed by atoms with Crippen molar-refractivity contribution in [2.45, 2.75) is 45.6 Å². The summed E-state index contributed by atoms with van der Waals surface area (Å²) in [6, 6.07) is 0.374. The first-order chi connectivity index (χ1) is 8.58. The second-order valence-electron chi connectivity index (χ2n) is 4.93. The van der Waals surface area contributed by atoms with Gasteiger partial charge in [0.25, 0.3) is 0 Å². The number of rotatable bonds is 6. The molecule has 100 valence electrons. The molecule has 2 rings (SSSR count). The van der Waals surface area contributed by atoms with Gasteiger partial charge in [-0.3, -0.25) is 10.1 Å². The minimum Gasteiger partial charge on any atom is -0.362 e. The Morgan fingerprint density at radius 3 is 2.78 bits per heavy atom. The monoisotopic (exact) mass is 252 g/mol. The summed E-state index contributed by atoms with van der Waals surface area (Å²) >= 11 is 0. The Balaban J connectivity index is 2.25. The number of aryl methyl sites for hydroxylation is 2. The molecule has 1 aliphatic carbocycles. The Morgan fingerprint density at radius 2 is 2.28 bits per heavy atom. The van der Waals surface area contributed by atoms with Gasteiger partial charge in [0, 0.05) is 13.1 Å². The molecule has 1 N–H and O–H groups in total. The molecular formula is C12H20N4O2. The maximum absolute atomic E-state index is 11.2. The van der Waals surface area contributed by atoms with Gasteiger partial charge in [-0.2, -0.15) is 5.10 Å². The average molecular weight is 252 g/mol. The van der Waals surface area contributed by atoms with E-state index in [-0.39, 0.29) is 10.6 Å². The normalized spacial score (nSPS) is 21.9. The van der Waals surface area contributed by atoms with Gasteiger partial charge in [-0.15, -0.1) is 0 Å². The number of nitro groups is 1. The minimum atomic E-state index is -0.316. The summed E-state index contributed by atoms with van der Waals surface area (Å²) in [5.41, 5.74) is 0.738. The summed E-state index contributed by atoms with van der Waals surface area (Å²) < 4.78 is 1.61. The number of anilines is 1. The Hall–Kier alpha value is -1.59. The molecule has 2 atom stereocenters. The van der Waals surface area contributed by atoms with Gasteiger partial charge in [-0.1, -0.05) is 26.7 Å². The fourth-order valence-corrected chi connectivity index (χ4v) is 2.38. The number of hydrogen-bond donors (Lipinski definition) is 1. The fourth-order valence-electron chi connectivity index (χ4n) is 2.38. The van der Waals surface area contributed by atoms with E-state index in [4.69, 9.17) is 0 Å². The molecule has 0 bridgehead atoms.